The Labute approximate surface area is 190 Å². The van der Waals surface area contributed by atoms with E-state index in [4.69, 9.17) is 20.8 Å². The molecule has 1 aromatic rings. The van der Waals surface area contributed by atoms with Crippen LogP contribution in [-0.2, 0) is 14.8 Å². The van der Waals surface area contributed by atoms with Gasteiger partial charge in [0, 0.05) is 5.56 Å². The van der Waals surface area contributed by atoms with Crippen molar-refractivity contribution >= 4 is 31.8 Å². The number of Topliss-reactive ketones (excluding diaryl/α,β-unsaturated/α-hetero) is 1. The molecule has 0 radical (unpaired) electrons. The van der Waals surface area contributed by atoms with Crippen LogP contribution >= 0.6 is 11.6 Å². The Bertz CT molecular complexity index is 859. The zero-order valence-electron chi connectivity index (χ0n) is 20.1. The topological polar surface area (TPSA) is 64.6 Å². The third-order valence-corrected chi connectivity index (χ3v) is 10.2. The molecule has 176 valence electrons. The highest BCUT2D eigenvalue weighted by molar-refractivity contribution is 6.74. The van der Waals surface area contributed by atoms with Crippen LogP contribution in [0.3, 0.4) is 0 Å². The highest BCUT2D eigenvalue weighted by Gasteiger charge is 2.43. The maximum absolute atomic E-state index is 14.9. The van der Waals surface area contributed by atoms with E-state index >= 15 is 0 Å². The van der Waals surface area contributed by atoms with Crippen LogP contribution in [0.1, 0.15) is 71.3 Å². The predicted molar refractivity (Wildman–Crippen MR) is 121 cm³/mol. The molecule has 0 aromatic heterocycles. The molecule has 5 nitrogen and oxygen atoms in total. The lowest BCUT2D eigenvalue weighted by Crippen LogP contribution is -2.46. The highest BCUT2D eigenvalue weighted by atomic mass is 35.5. The van der Waals surface area contributed by atoms with Gasteiger partial charge in [-0.3, -0.25) is 4.79 Å². The van der Waals surface area contributed by atoms with Crippen LogP contribution in [0.2, 0.25) is 23.2 Å². The molecule has 1 amide bonds. The Kier molecular flexibility index (Phi) is 8.13. The van der Waals surface area contributed by atoms with E-state index in [9.17, 15) is 18.4 Å². The maximum Gasteiger partial charge on any atom is 0.408 e. The van der Waals surface area contributed by atoms with E-state index in [1.54, 1.807) is 34.6 Å². The Morgan fingerprint density at radius 1 is 1.03 bits per heavy atom. The van der Waals surface area contributed by atoms with Gasteiger partial charge in [0.1, 0.15) is 10.6 Å². The summed E-state index contributed by atoms with van der Waals surface area (Å²) in [5.41, 5.74) is -2.37. The summed E-state index contributed by atoms with van der Waals surface area (Å²) in [6.07, 6.45) is -0.823. The summed E-state index contributed by atoms with van der Waals surface area (Å²) in [6.45, 7) is 17.9. The maximum atomic E-state index is 14.9. The van der Waals surface area contributed by atoms with Crippen molar-refractivity contribution in [3.05, 3.63) is 33.9 Å². The lowest BCUT2D eigenvalue weighted by atomic mass is 9.94. The van der Waals surface area contributed by atoms with E-state index in [1.807, 2.05) is 33.9 Å². The van der Waals surface area contributed by atoms with Crippen molar-refractivity contribution in [3.8, 4) is 0 Å². The first kappa shape index (κ1) is 27.5. The molecule has 0 aliphatic heterocycles. The SMILES string of the molecule is CC(C)(C)OC(=O)NCC(=O)c1cc(C(C)(C)O[Si](C)(C)C(C)(C)C)c(F)c(Cl)c1F. The second-order valence-electron chi connectivity index (χ2n) is 10.6. The number of carbonyl (C=O) groups excluding carboxylic acids is 2. The average molecular weight is 478 g/mol. The molecular formula is C22H34ClF2NO4Si. The van der Waals surface area contributed by atoms with E-state index in [2.05, 4.69) is 5.32 Å². The van der Waals surface area contributed by atoms with Gasteiger partial charge in [0.05, 0.1) is 17.7 Å². The summed E-state index contributed by atoms with van der Waals surface area (Å²) in [5, 5.41) is 1.34. The first-order valence-corrected chi connectivity index (χ1v) is 13.4. The molecule has 0 heterocycles. The minimum Gasteiger partial charge on any atom is -0.444 e. The van der Waals surface area contributed by atoms with E-state index in [1.165, 1.54) is 0 Å². The Morgan fingerprint density at radius 3 is 2.00 bits per heavy atom. The van der Waals surface area contributed by atoms with Gasteiger partial charge in [0.25, 0.3) is 0 Å². The van der Waals surface area contributed by atoms with Crippen LogP contribution in [-0.4, -0.2) is 32.3 Å². The second-order valence-corrected chi connectivity index (χ2v) is 15.7. The summed E-state index contributed by atoms with van der Waals surface area (Å²) in [4.78, 5) is 24.4. The van der Waals surface area contributed by atoms with Crippen molar-refractivity contribution in [1.29, 1.82) is 0 Å². The fraction of sp³-hybridized carbons (Fsp3) is 0.636. The van der Waals surface area contributed by atoms with Gasteiger partial charge in [-0.15, -0.1) is 0 Å². The molecule has 0 saturated carbocycles. The van der Waals surface area contributed by atoms with Crippen molar-refractivity contribution in [2.75, 3.05) is 6.54 Å². The first-order valence-electron chi connectivity index (χ1n) is 10.1. The summed E-state index contributed by atoms with van der Waals surface area (Å²) >= 11 is 5.89. The molecule has 0 fully saturated rings. The molecule has 0 aliphatic carbocycles. The van der Waals surface area contributed by atoms with Gasteiger partial charge in [0.2, 0.25) is 0 Å². The van der Waals surface area contributed by atoms with Crippen LogP contribution in [0.5, 0.6) is 0 Å². The Morgan fingerprint density at radius 2 is 1.55 bits per heavy atom. The number of ether oxygens (including phenoxy) is 1. The van der Waals surface area contributed by atoms with Crippen LogP contribution in [0, 0.1) is 11.6 Å². The zero-order valence-corrected chi connectivity index (χ0v) is 21.8. The third kappa shape index (κ3) is 6.99. The van der Waals surface area contributed by atoms with Crippen molar-refractivity contribution in [2.24, 2.45) is 0 Å². The molecule has 1 rings (SSSR count). The molecule has 0 unspecified atom stereocenters. The number of ketones is 1. The molecule has 1 aromatic carbocycles. The largest absolute Gasteiger partial charge is 0.444 e. The van der Waals surface area contributed by atoms with Crippen molar-refractivity contribution in [2.45, 2.75) is 84.7 Å². The van der Waals surface area contributed by atoms with Crippen molar-refractivity contribution < 1.29 is 27.5 Å². The van der Waals surface area contributed by atoms with Gasteiger partial charge in [-0.05, 0) is 58.8 Å². The number of hydrogen-bond donors (Lipinski definition) is 1. The number of benzene rings is 1. The number of halogens is 3. The predicted octanol–water partition coefficient (Wildman–Crippen LogP) is 6.58. The summed E-state index contributed by atoms with van der Waals surface area (Å²) in [6, 6.07) is 1.11. The minimum absolute atomic E-state index is 0.0238. The number of nitrogens with one attached hydrogen (secondary N) is 1. The molecule has 0 atom stereocenters. The molecule has 0 bridgehead atoms. The number of hydrogen-bond acceptors (Lipinski definition) is 4. The molecule has 0 spiro atoms. The molecule has 0 aliphatic rings. The van der Waals surface area contributed by atoms with Crippen LogP contribution in [0.4, 0.5) is 13.6 Å². The van der Waals surface area contributed by atoms with E-state index in [0.29, 0.717) is 0 Å². The lowest BCUT2D eigenvalue weighted by Gasteiger charge is -2.43. The summed E-state index contributed by atoms with van der Waals surface area (Å²) in [5.74, 6) is -2.92. The number of carbonyl (C=O) groups is 2. The Hall–Kier alpha value is -1.51. The summed E-state index contributed by atoms with van der Waals surface area (Å²) in [7, 11) is -2.34. The van der Waals surface area contributed by atoms with Crippen LogP contribution in [0.25, 0.3) is 0 Å². The van der Waals surface area contributed by atoms with Gasteiger partial charge in [-0.25, -0.2) is 13.6 Å². The number of amides is 1. The molecule has 1 N–H and O–H groups in total. The van der Waals surface area contributed by atoms with E-state index in [0.717, 1.165) is 6.07 Å². The number of rotatable bonds is 6. The minimum atomic E-state index is -2.34. The standard InChI is InChI=1S/C22H34ClF2NO4Si/c1-20(2,3)29-19(28)26-12-15(27)13-11-14(18(25)16(23)17(13)24)22(7,8)30-31(9,10)21(4,5)6/h11H,12H2,1-10H3,(H,26,28). The van der Waals surface area contributed by atoms with Gasteiger partial charge in [0.15, 0.2) is 25.7 Å². The van der Waals surface area contributed by atoms with E-state index < -0.39 is 60.2 Å². The average Bonchev–Trinajstić information content (AvgIpc) is 2.54. The number of alkyl carbamates (subject to hydrolysis) is 1. The molecule has 31 heavy (non-hydrogen) atoms. The summed E-state index contributed by atoms with van der Waals surface area (Å²) < 4.78 is 41.0. The van der Waals surface area contributed by atoms with Crippen molar-refractivity contribution in [1.82, 2.24) is 5.32 Å². The zero-order chi connectivity index (χ0) is 24.6. The fourth-order valence-corrected chi connectivity index (χ4v) is 4.55. The highest BCUT2D eigenvalue weighted by Crippen LogP contribution is 2.43. The molecule has 0 saturated heterocycles. The van der Waals surface area contributed by atoms with Gasteiger partial charge < -0.3 is 14.5 Å². The van der Waals surface area contributed by atoms with Gasteiger partial charge in [-0.1, -0.05) is 32.4 Å². The van der Waals surface area contributed by atoms with Gasteiger partial charge >= 0.3 is 6.09 Å². The first-order chi connectivity index (χ1) is 13.7. The monoisotopic (exact) mass is 477 g/mol. The normalized spacial score (nSPS) is 13.2. The smallest absolute Gasteiger partial charge is 0.408 e. The quantitative estimate of drug-likeness (QED) is 0.285. The van der Waals surface area contributed by atoms with Gasteiger partial charge in [-0.2, -0.15) is 0 Å². The van der Waals surface area contributed by atoms with Crippen LogP contribution in [0.15, 0.2) is 6.07 Å². The Balaban J connectivity index is 3.27. The third-order valence-electron chi connectivity index (χ3n) is 5.20. The van der Waals surface area contributed by atoms with Crippen LogP contribution < -0.4 is 5.32 Å². The molecule has 9 heteroatoms. The fourth-order valence-electron chi connectivity index (χ4n) is 2.65. The second kappa shape index (κ2) is 9.15. The lowest BCUT2D eigenvalue weighted by molar-refractivity contribution is 0.0519. The van der Waals surface area contributed by atoms with Crippen molar-refractivity contribution in [3.63, 3.8) is 0 Å². The molecular weight excluding hydrogens is 444 g/mol. The van der Waals surface area contributed by atoms with E-state index in [-0.39, 0.29) is 10.6 Å².